The van der Waals surface area contributed by atoms with Crippen molar-refractivity contribution < 1.29 is 4.42 Å². The summed E-state index contributed by atoms with van der Waals surface area (Å²) in [6.45, 7) is 3.02. The number of nitrogens with two attached hydrogens (primary N) is 1. The Hall–Kier alpha value is -1.66. The Morgan fingerprint density at radius 1 is 1.53 bits per heavy atom. The summed E-state index contributed by atoms with van der Waals surface area (Å²) >= 11 is 0. The molecule has 19 heavy (non-hydrogen) atoms. The SMILES string of the molecule is CCCn1ncnc1CC(CCc1ccco1)NN. The Morgan fingerprint density at radius 2 is 2.42 bits per heavy atom. The van der Waals surface area contributed by atoms with E-state index >= 15 is 0 Å². The van der Waals surface area contributed by atoms with Crippen LogP contribution in [0.15, 0.2) is 29.1 Å². The van der Waals surface area contributed by atoms with Crippen LogP contribution in [-0.4, -0.2) is 20.8 Å². The molecular weight excluding hydrogens is 242 g/mol. The summed E-state index contributed by atoms with van der Waals surface area (Å²) in [7, 11) is 0. The lowest BCUT2D eigenvalue weighted by atomic mass is 10.1. The highest BCUT2D eigenvalue weighted by Crippen LogP contribution is 2.09. The minimum atomic E-state index is 0.171. The maximum Gasteiger partial charge on any atom is 0.138 e. The van der Waals surface area contributed by atoms with E-state index in [9.17, 15) is 0 Å². The minimum absolute atomic E-state index is 0.171. The van der Waals surface area contributed by atoms with E-state index in [1.807, 2.05) is 16.8 Å². The van der Waals surface area contributed by atoms with Crippen LogP contribution in [0.25, 0.3) is 0 Å². The van der Waals surface area contributed by atoms with Crippen molar-refractivity contribution in [3.63, 3.8) is 0 Å². The van der Waals surface area contributed by atoms with Crippen LogP contribution in [0.3, 0.4) is 0 Å². The number of furan rings is 1. The molecule has 2 aromatic heterocycles. The van der Waals surface area contributed by atoms with Crippen molar-refractivity contribution in [2.75, 3.05) is 0 Å². The van der Waals surface area contributed by atoms with Gasteiger partial charge in [0.1, 0.15) is 17.9 Å². The van der Waals surface area contributed by atoms with Gasteiger partial charge in [-0.15, -0.1) is 0 Å². The number of aryl methyl sites for hydroxylation is 2. The van der Waals surface area contributed by atoms with E-state index in [-0.39, 0.29) is 6.04 Å². The van der Waals surface area contributed by atoms with Gasteiger partial charge >= 0.3 is 0 Å². The zero-order valence-corrected chi connectivity index (χ0v) is 11.2. The monoisotopic (exact) mass is 263 g/mol. The lowest BCUT2D eigenvalue weighted by Crippen LogP contribution is -2.37. The predicted octanol–water partition coefficient (Wildman–Crippen LogP) is 1.29. The summed E-state index contributed by atoms with van der Waals surface area (Å²) in [5.74, 6) is 7.57. The predicted molar refractivity (Wildman–Crippen MR) is 72.2 cm³/mol. The van der Waals surface area contributed by atoms with Crippen molar-refractivity contribution in [1.29, 1.82) is 0 Å². The molecule has 2 aromatic rings. The molecule has 0 fully saturated rings. The lowest BCUT2D eigenvalue weighted by molar-refractivity contribution is 0.433. The summed E-state index contributed by atoms with van der Waals surface area (Å²) in [5.41, 5.74) is 2.85. The average molecular weight is 263 g/mol. The van der Waals surface area contributed by atoms with Gasteiger partial charge in [-0.2, -0.15) is 5.10 Å². The lowest BCUT2D eigenvalue weighted by Gasteiger charge is -2.15. The van der Waals surface area contributed by atoms with Crippen molar-refractivity contribution in [3.8, 4) is 0 Å². The molecule has 104 valence electrons. The molecule has 1 atom stereocenters. The molecular formula is C13H21N5O. The molecule has 0 spiro atoms. The Kier molecular flexibility index (Phi) is 5.11. The molecule has 0 radical (unpaired) electrons. The highest BCUT2D eigenvalue weighted by atomic mass is 16.3. The summed E-state index contributed by atoms with van der Waals surface area (Å²) in [5, 5.41) is 4.22. The zero-order valence-electron chi connectivity index (χ0n) is 11.2. The fraction of sp³-hybridized carbons (Fsp3) is 0.538. The molecule has 2 heterocycles. The van der Waals surface area contributed by atoms with Gasteiger partial charge in [0.05, 0.1) is 6.26 Å². The van der Waals surface area contributed by atoms with Crippen molar-refractivity contribution in [1.82, 2.24) is 20.2 Å². The molecule has 1 unspecified atom stereocenters. The van der Waals surface area contributed by atoms with Gasteiger partial charge in [-0.3, -0.25) is 16.0 Å². The average Bonchev–Trinajstić information content (AvgIpc) is 3.07. The highest BCUT2D eigenvalue weighted by molar-refractivity contribution is 4.99. The topological polar surface area (TPSA) is 81.9 Å². The highest BCUT2D eigenvalue weighted by Gasteiger charge is 2.13. The van der Waals surface area contributed by atoms with Crippen LogP contribution in [0.1, 0.15) is 31.4 Å². The molecule has 0 amide bonds. The standard InChI is InChI=1S/C13H21N5O/c1-2-7-18-13(15-10-16-18)9-11(17-14)5-6-12-4-3-8-19-12/h3-4,8,10-11,17H,2,5-7,9,14H2,1H3. The fourth-order valence-electron chi connectivity index (χ4n) is 2.08. The van der Waals surface area contributed by atoms with Gasteiger partial charge in [0.25, 0.3) is 0 Å². The molecule has 0 aliphatic carbocycles. The number of rotatable bonds is 8. The second-order valence-electron chi connectivity index (χ2n) is 4.59. The van der Waals surface area contributed by atoms with E-state index in [4.69, 9.17) is 10.3 Å². The van der Waals surface area contributed by atoms with E-state index in [1.54, 1.807) is 12.6 Å². The zero-order chi connectivity index (χ0) is 13.5. The Balaban J connectivity index is 1.89. The smallest absolute Gasteiger partial charge is 0.138 e. The molecule has 0 aliphatic heterocycles. The summed E-state index contributed by atoms with van der Waals surface area (Å²) in [4.78, 5) is 4.30. The van der Waals surface area contributed by atoms with Crippen LogP contribution in [0.4, 0.5) is 0 Å². The van der Waals surface area contributed by atoms with Gasteiger partial charge in [-0.1, -0.05) is 6.92 Å². The third kappa shape index (κ3) is 3.90. The van der Waals surface area contributed by atoms with Gasteiger partial charge in [0, 0.05) is 25.4 Å². The van der Waals surface area contributed by atoms with Gasteiger partial charge in [0.15, 0.2) is 0 Å². The number of hydrogen-bond acceptors (Lipinski definition) is 5. The molecule has 6 nitrogen and oxygen atoms in total. The molecule has 3 N–H and O–H groups in total. The van der Waals surface area contributed by atoms with Crippen LogP contribution in [0.2, 0.25) is 0 Å². The molecule has 0 bridgehead atoms. The van der Waals surface area contributed by atoms with Gasteiger partial charge in [0.2, 0.25) is 0 Å². The third-order valence-electron chi connectivity index (χ3n) is 3.12. The number of hydrogen-bond donors (Lipinski definition) is 2. The van der Waals surface area contributed by atoms with Gasteiger partial charge < -0.3 is 4.42 Å². The fourth-order valence-corrected chi connectivity index (χ4v) is 2.08. The molecule has 6 heteroatoms. The van der Waals surface area contributed by atoms with Crippen molar-refractivity contribution in [2.45, 2.75) is 45.2 Å². The van der Waals surface area contributed by atoms with Crippen LogP contribution in [-0.2, 0) is 19.4 Å². The first-order valence-electron chi connectivity index (χ1n) is 6.68. The summed E-state index contributed by atoms with van der Waals surface area (Å²) in [6.07, 6.45) is 6.89. The summed E-state index contributed by atoms with van der Waals surface area (Å²) < 4.78 is 7.27. The number of aromatic nitrogens is 3. The van der Waals surface area contributed by atoms with Crippen LogP contribution >= 0.6 is 0 Å². The molecule has 2 rings (SSSR count). The van der Waals surface area contributed by atoms with E-state index < -0.39 is 0 Å². The first-order valence-corrected chi connectivity index (χ1v) is 6.68. The number of nitrogens with zero attached hydrogens (tertiary/aromatic N) is 3. The summed E-state index contributed by atoms with van der Waals surface area (Å²) in [6, 6.07) is 4.05. The van der Waals surface area contributed by atoms with E-state index in [1.165, 1.54) is 0 Å². The van der Waals surface area contributed by atoms with Gasteiger partial charge in [-0.05, 0) is 25.0 Å². The van der Waals surface area contributed by atoms with Crippen LogP contribution < -0.4 is 11.3 Å². The number of nitrogens with one attached hydrogen (secondary N) is 1. The molecule has 0 aliphatic rings. The maximum absolute atomic E-state index is 5.61. The maximum atomic E-state index is 5.61. The first-order chi connectivity index (χ1) is 9.33. The van der Waals surface area contributed by atoms with Crippen molar-refractivity contribution in [2.24, 2.45) is 5.84 Å². The second-order valence-corrected chi connectivity index (χ2v) is 4.59. The second kappa shape index (κ2) is 7.06. The largest absolute Gasteiger partial charge is 0.469 e. The Labute approximate surface area is 113 Å². The van der Waals surface area contributed by atoms with E-state index in [2.05, 4.69) is 22.4 Å². The number of hydrazine groups is 1. The Morgan fingerprint density at radius 3 is 3.11 bits per heavy atom. The van der Waals surface area contributed by atoms with Gasteiger partial charge in [-0.25, -0.2) is 4.98 Å². The Bertz CT molecular complexity index is 465. The van der Waals surface area contributed by atoms with E-state index in [0.29, 0.717) is 0 Å². The molecule has 0 saturated carbocycles. The molecule has 0 saturated heterocycles. The minimum Gasteiger partial charge on any atom is -0.469 e. The first kappa shape index (κ1) is 13.8. The van der Waals surface area contributed by atoms with Crippen LogP contribution in [0.5, 0.6) is 0 Å². The quantitative estimate of drug-likeness (QED) is 0.554. The third-order valence-corrected chi connectivity index (χ3v) is 3.12. The normalized spacial score (nSPS) is 12.7. The van der Waals surface area contributed by atoms with Crippen LogP contribution in [0, 0.1) is 0 Å². The van der Waals surface area contributed by atoms with E-state index in [0.717, 1.165) is 43.8 Å². The van der Waals surface area contributed by atoms with Crippen molar-refractivity contribution >= 4 is 0 Å². The van der Waals surface area contributed by atoms with Crippen molar-refractivity contribution in [3.05, 3.63) is 36.3 Å². The molecule has 0 aromatic carbocycles.